The van der Waals surface area contributed by atoms with Gasteiger partial charge in [0.1, 0.15) is 6.11 Å². The Kier molecular flexibility index (Phi) is 9.25. The summed E-state index contributed by atoms with van der Waals surface area (Å²) in [5.74, 6) is -2.96. The zero-order valence-corrected chi connectivity index (χ0v) is 13.9. The fourth-order valence-corrected chi connectivity index (χ4v) is 1.22. The number of carbonyl (C=O) groups is 2. The third kappa shape index (κ3) is 5.91. The zero-order valence-electron chi connectivity index (χ0n) is 8.11. The van der Waals surface area contributed by atoms with Crippen LogP contribution in [-0.2, 0) is 35.6 Å². The third-order valence-electron chi connectivity index (χ3n) is 1.25. The molecular formula is C8H5Br3NiO5. The maximum atomic E-state index is 11.3. The van der Waals surface area contributed by atoms with Crippen LogP contribution in [0.25, 0.3) is 0 Å². The Hall–Kier alpha value is -0.0265. The van der Waals surface area contributed by atoms with Gasteiger partial charge in [0.15, 0.2) is 13.5 Å². The smallest absolute Gasteiger partial charge is 0.363 e. The molecule has 0 heterocycles. The first-order valence-electron chi connectivity index (χ1n) is 3.51. The van der Waals surface area contributed by atoms with Crippen LogP contribution in [-0.4, -0.2) is 26.3 Å². The first-order valence-corrected chi connectivity index (χ1v) is 5.89. The number of esters is 2. The maximum Gasteiger partial charge on any atom is 0.363 e. The summed E-state index contributed by atoms with van der Waals surface area (Å²) in [6.45, 7) is 0. The predicted molar refractivity (Wildman–Crippen MR) is 66.1 cm³/mol. The van der Waals surface area contributed by atoms with Crippen molar-refractivity contribution in [3.05, 3.63) is 11.3 Å². The molecule has 98 valence electrons. The van der Waals surface area contributed by atoms with E-state index in [-0.39, 0.29) is 16.5 Å². The van der Waals surface area contributed by atoms with Crippen molar-refractivity contribution < 1.29 is 40.7 Å². The first-order chi connectivity index (χ1) is 7.25. The van der Waals surface area contributed by atoms with Gasteiger partial charge in [-0.3, -0.25) is 0 Å². The molecule has 0 atom stereocenters. The fourth-order valence-electron chi connectivity index (χ4n) is 0.625. The van der Waals surface area contributed by atoms with Gasteiger partial charge in [0.2, 0.25) is 0 Å². The number of methoxy groups -OCH3 is 1. The van der Waals surface area contributed by atoms with Crippen LogP contribution in [0.4, 0.5) is 0 Å². The molecule has 0 saturated carbocycles. The Labute approximate surface area is 133 Å². The van der Waals surface area contributed by atoms with Gasteiger partial charge in [0.25, 0.3) is 0 Å². The second-order valence-corrected chi connectivity index (χ2v) is 8.98. The van der Waals surface area contributed by atoms with Gasteiger partial charge in [0.05, 0.1) is 7.11 Å². The number of aliphatic hydroxyl groups excluding tert-OH is 1. The summed E-state index contributed by atoms with van der Waals surface area (Å²) < 4.78 is 7.10. The minimum atomic E-state index is -1.36. The van der Waals surface area contributed by atoms with Crippen molar-refractivity contribution in [2.75, 3.05) is 7.11 Å². The van der Waals surface area contributed by atoms with Crippen molar-refractivity contribution in [2.24, 2.45) is 0 Å². The Morgan fingerprint density at radius 2 is 1.76 bits per heavy atom. The molecule has 0 unspecified atom stereocenters. The molecule has 0 amide bonds. The number of ether oxygens (including phenoxy) is 2. The van der Waals surface area contributed by atoms with E-state index in [1.165, 1.54) is 0 Å². The number of rotatable bonds is 2. The van der Waals surface area contributed by atoms with Crippen molar-refractivity contribution in [3.8, 4) is 12.5 Å². The second kappa shape index (κ2) is 8.14. The minimum Gasteiger partial charge on any atom is -0.508 e. The zero-order chi connectivity index (χ0) is 12.9. The summed E-state index contributed by atoms with van der Waals surface area (Å²) in [6.07, 6.45) is 6.32. The third-order valence-corrected chi connectivity index (χ3v) is 2.38. The quantitative estimate of drug-likeness (QED) is 0.0958. The van der Waals surface area contributed by atoms with E-state index in [0.29, 0.717) is 0 Å². The maximum absolute atomic E-state index is 11.3. The standard InChI is InChI=1S/C8H5Br3O5.Ni/c1-3-16-7(14)4(6(13)15-2)5(12)8(9,10)11;/h1,12H,2H3;/b5-4+;. The Balaban J connectivity index is 0. The minimum absolute atomic E-state index is 0. The van der Waals surface area contributed by atoms with Crippen LogP contribution in [0.1, 0.15) is 0 Å². The predicted octanol–water partition coefficient (Wildman–Crippen LogP) is 1.94. The molecular weight excluding hydrogens is 474 g/mol. The normalized spacial score (nSPS) is 11.5. The summed E-state index contributed by atoms with van der Waals surface area (Å²) in [6, 6.07) is 0. The van der Waals surface area contributed by atoms with Crippen molar-refractivity contribution in [2.45, 2.75) is 2.14 Å². The van der Waals surface area contributed by atoms with Gasteiger partial charge in [-0.1, -0.05) is 54.2 Å². The summed E-state index contributed by atoms with van der Waals surface area (Å²) in [5.41, 5.74) is -0.730. The van der Waals surface area contributed by atoms with Gasteiger partial charge in [-0.2, -0.15) is 0 Å². The van der Waals surface area contributed by atoms with E-state index in [1.54, 1.807) is 6.11 Å². The fraction of sp³-hybridized carbons (Fsp3) is 0.250. The Bertz CT molecular complexity index is 380. The van der Waals surface area contributed by atoms with E-state index in [0.717, 1.165) is 7.11 Å². The van der Waals surface area contributed by atoms with Crippen LogP contribution in [0.15, 0.2) is 11.3 Å². The van der Waals surface area contributed by atoms with E-state index in [1.807, 2.05) is 0 Å². The number of aliphatic hydroxyl groups is 1. The summed E-state index contributed by atoms with van der Waals surface area (Å²) in [4.78, 5) is 22.5. The Morgan fingerprint density at radius 1 is 1.29 bits per heavy atom. The number of halogens is 3. The molecule has 0 aliphatic rings. The molecule has 9 heteroatoms. The molecule has 0 bridgehead atoms. The van der Waals surface area contributed by atoms with E-state index >= 15 is 0 Å². The molecule has 17 heavy (non-hydrogen) atoms. The van der Waals surface area contributed by atoms with E-state index < -0.39 is 25.4 Å². The molecule has 0 aromatic rings. The van der Waals surface area contributed by atoms with Gasteiger partial charge < -0.3 is 14.6 Å². The topological polar surface area (TPSA) is 72.8 Å². The first kappa shape index (κ1) is 19.3. The van der Waals surface area contributed by atoms with Gasteiger partial charge in [-0.25, -0.2) is 9.59 Å². The molecule has 0 aromatic carbocycles. The van der Waals surface area contributed by atoms with Crippen LogP contribution in [0.3, 0.4) is 0 Å². The molecule has 1 N–H and O–H groups in total. The summed E-state index contributed by atoms with van der Waals surface area (Å²) >= 11 is 8.76. The molecule has 0 spiro atoms. The largest absolute Gasteiger partial charge is 0.508 e. The number of hydrogen-bond donors (Lipinski definition) is 1. The molecule has 0 aliphatic heterocycles. The van der Waals surface area contributed by atoms with Gasteiger partial charge in [-0.15, -0.1) is 0 Å². The van der Waals surface area contributed by atoms with Crippen molar-refractivity contribution in [1.82, 2.24) is 0 Å². The SMILES string of the molecule is C#COC(=O)/C(C(=O)OC)=C(/O)C(Br)(Br)Br.[Ni]. The second-order valence-electron chi connectivity index (χ2n) is 2.22. The molecule has 0 aromatic heterocycles. The van der Waals surface area contributed by atoms with Gasteiger partial charge in [-0.05, 0) is 0 Å². The van der Waals surface area contributed by atoms with Crippen molar-refractivity contribution in [3.63, 3.8) is 0 Å². The van der Waals surface area contributed by atoms with E-state index in [9.17, 15) is 14.7 Å². The average Bonchev–Trinajstić information content (AvgIpc) is 2.16. The molecule has 0 rings (SSSR count). The number of allylic oxidation sites excluding steroid dienone is 1. The van der Waals surface area contributed by atoms with E-state index in [2.05, 4.69) is 57.3 Å². The van der Waals surface area contributed by atoms with Crippen LogP contribution < -0.4 is 0 Å². The molecule has 0 saturated heterocycles. The molecule has 0 fully saturated rings. The van der Waals surface area contributed by atoms with Gasteiger partial charge >= 0.3 is 11.9 Å². The summed E-state index contributed by atoms with van der Waals surface area (Å²) in [7, 11) is 1.04. The number of terminal acetylenes is 1. The van der Waals surface area contributed by atoms with E-state index in [4.69, 9.17) is 6.42 Å². The van der Waals surface area contributed by atoms with Crippen LogP contribution in [0.5, 0.6) is 0 Å². The number of alkyl halides is 3. The monoisotopic (exact) mass is 476 g/mol. The van der Waals surface area contributed by atoms with Crippen LogP contribution >= 0.6 is 47.8 Å². The average molecular weight is 480 g/mol. The van der Waals surface area contributed by atoms with Crippen LogP contribution in [0, 0.1) is 12.5 Å². The molecule has 0 radical (unpaired) electrons. The van der Waals surface area contributed by atoms with Gasteiger partial charge in [0, 0.05) is 16.5 Å². The van der Waals surface area contributed by atoms with Crippen molar-refractivity contribution >= 4 is 59.7 Å². The van der Waals surface area contributed by atoms with Crippen molar-refractivity contribution in [1.29, 1.82) is 0 Å². The molecule has 0 aliphatic carbocycles. The molecule has 5 nitrogen and oxygen atoms in total. The summed E-state index contributed by atoms with van der Waals surface area (Å²) in [5, 5.41) is 9.61. The number of hydrogen-bond acceptors (Lipinski definition) is 5. The Morgan fingerprint density at radius 3 is 2.06 bits per heavy atom. The number of carbonyl (C=O) groups excluding carboxylic acids is 2. The van der Waals surface area contributed by atoms with Crippen LogP contribution in [0.2, 0.25) is 0 Å².